The second kappa shape index (κ2) is 12.9. The molecule has 0 spiro atoms. The van der Waals surface area contributed by atoms with Crippen molar-refractivity contribution < 1.29 is 4.74 Å². The Labute approximate surface area is 181 Å². The lowest BCUT2D eigenvalue weighted by Gasteiger charge is -2.14. The Balaban J connectivity index is 2.06. The fourth-order valence-electron chi connectivity index (χ4n) is 2.95. The van der Waals surface area contributed by atoms with Crippen LogP contribution in [0.4, 0.5) is 0 Å². The third-order valence-corrected chi connectivity index (χ3v) is 5.06. The Hall–Kier alpha value is -2.57. The van der Waals surface area contributed by atoms with E-state index in [9.17, 15) is 0 Å². The number of ether oxygens (including phenoxy) is 1. The third-order valence-electron chi connectivity index (χ3n) is 5.06. The fraction of sp³-hybridized carbons (Fsp3) is 0.609. The average Bonchev–Trinajstić information content (AvgIpc) is 3.06. The van der Waals surface area contributed by atoms with Gasteiger partial charge in [0.15, 0.2) is 11.8 Å². The zero-order chi connectivity index (χ0) is 21.8. The van der Waals surface area contributed by atoms with Gasteiger partial charge < -0.3 is 19.9 Å². The molecule has 30 heavy (non-hydrogen) atoms. The molecule has 1 aromatic heterocycles. The van der Waals surface area contributed by atoms with Crippen LogP contribution < -0.4 is 15.4 Å². The van der Waals surface area contributed by atoms with Gasteiger partial charge in [0.2, 0.25) is 0 Å². The number of aromatic nitrogens is 3. The van der Waals surface area contributed by atoms with Crippen LogP contribution in [0.5, 0.6) is 5.75 Å². The van der Waals surface area contributed by atoms with Gasteiger partial charge in [-0.3, -0.25) is 0 Å². The first-order valence-electron chi connectivity index (χ1n) is 11.1. The van der Waals surface area contributed by atoms with Crippen LogP contribution in [0.1, 0.15) is 68.7 Å². The summed E-state index contributed by atoms with van der Waals surface area (Å²) < 4.78 is 8.05. The number of benzene rings is 1. The molecule has 0 fully saturated rings. The molecule has 0 aliphatic rings. The monoisotopic (exact) mass is 414 g/mol. The first-order valence-corrected chi connectivity index (χ1v) is 11.1. The first kappa shape index (κ1) is 23.7. The Bertz CT molecular complexity index is 799. The topological polar surface area (TPSA) is 76.4 Å². The smallest absolute Gasteiger partial charge is 0.191 e. The number of aryl methyl sites for hydroxylation is 2. The maximum atomic E-state index is 6.07. The predicted molar refractivity (Wildman–Crippen MR) is 123 cm³/mol. The van der Waals surface area contributed by atoms with Crippen molar-refractivity contribution in [2.45, 2.75) is 72.9 Å². The molecule has 2 N–H and O–H groups in total. The Morgan fingerprint density at radius 3 is 2.57 bits per heavy atom. The van der Waals surface area contributed by atoms with Gasteiger partial charge in [0.05, 0.1) is 19.7 Å². The normalized spacial score (nSPS) is 11.6. The second-order valence-corrected chi connectivity index (χ2v) is 7.69. The summed E-state index contributed by atoms with van der Waals surface area (Å²) in [6.07, 6.45) is 5.69. The molecule has 2 rings (SSSR count). The quantitative estimate of drug-likeness (QED) is 0.311. The van der Waals surface area contributed by atoms with Crippen molar-refractivity contribution in [3.05, 3.63) is 41.0 Å². The van der Waals surface area contributed by atoms with Crippen molar-refractivity contribution in [3.8, 4) is 5.75 Å². The van der Waals surface area contributed by atoms with Gasteiger partial charge in [-0.1, -0.05) is 45.2 Å². The summed E-state index contributed by atoms with van der Waals surface area (Å²) in [4.78, 5) is 4.81. The highest BCUT2D eigenvalue weighted by Gasteiger charge is 2.08. The van der Waals surface area contributed by atoms with Gasteiger partial charge in [0.1, 0.15) is 11.6 Å². The van der Waals surface area contributed by atoms with E-state index in [0.29, 0.717) is 13.1 Å². The number of aliphatic imine (C=N–C) groups is 1. The second-order valence-electron chi connectivity index (χ2n) is 7.69. The lowest BCUT2D eigenvalue weighted by Crippen LogP contribution is -2.38. The molecule has 0 saturated heterocycles. The van der Waals surface area contributed by atoms with Crippen molar-refractivity contribution in [1.82, 2.24) is 25.4 Å². The highest BCUT2D eigenvalue weighted by atomic mass is 16.5. The van der Waals surface area contributed by atoms with E-state index in [4.69, 9.17) is 9.73 Å². The molecular weight excluding hydrogens is 376 g/mol. The molecule has 2 aromatic rings. The highest BCUT2D eigenvalue weighted by molar-refractivity contribution is 5.79. The minimum absolute atomic E-state index is 0.558. The van der Waals surface area contributed by atoms with Gasteiger partial charge in [0.25, 0.3) is 0 Å². The van der Waals surface area contributed by atoms with Crippen LogP contribution in [0.2, 0.25) is 0 Å². The number of guanidine groups is 1. The fourth-order valence-corrected chi connectivity index (χ4v) is 2.95. The van der Waals surface area contributed by atoms with Crippen LogP contribution >= 0.6 is 0 Å². The number of nitrogens with one attached hydrogen (secondary N) is 2. The van der Waals surface area contributed by atoms with E-state index in [1.807, 2.05) is 18.5 Å². The first-order chi connectivity index (χ1) is 14.5. The minimum Gasteiger partial charge on any atom is -0.493 e. The Kier molecular flexibility index (Phi) is 10.2. The zero-order valence-electron chi connectivity index (χ0n) is 19.3. The van der Waals surface area contributed by atoms with Crippen LogP contribution in [0.15, 0.2) is 23.2 Å². The molecule has 0 saturated carbocycles. The van der Waals surface area contributed by atoms with Gasteiger partial charge in [-0.15, -0.1) is 10.2 Å². The zero-order valence-corrected chi connectivity index (χ0v) is 19.3. The van der Waals surface area contributed by atoms with Crippen LogP contribution in [-0.2, 0) is 20.1 Å². The molecule has 0 unspecified atom stereocenters. The molecule has 0 aliphatic heterocycles. The van der Waals surface area contributed by atoms with Gasteiger partial charge in [0, 0.05) is 19.2 Å². The van der Waals surface area contributed by atoms with Gasteiger partial charge in [-0.25, -0.2) is 4.99 Å². The molecule has 0 bridgehead atoms. The maximum Gasteiger partial charge on any atom is 0.191 e. The summed E-state index contributed by atoms with van der Waals surface area (Å²) in [5.74, 6) is 3.50. The Morgan fingerprint density at radius 1 is 1.07 bits per heavy atom. The molecular formula is C23H38N6O. The number of rotatable bonds is 12. The van der Waals surface area contributed by atoms with Crippen LogP contribution in [0.25, 0.3) is 0 Å². The SMILES string of the molecule is CCCCCOc1cc(C)ccc1CN=C(NCCCC)NCc1nnc(C)n1C. The number of nitrogens with zero attached hydrogens (tertiary/aromatic N) is 4. The lowest BCUT2D eigenvalue weighted by atomic mass is 10.1. The van der Waals surface area contributed by atoms with E-state index in [1.165, 1.54) is 18.4 Å². The van der Waals surface area contributed by atoms with Crippen molar-refractivity contribution in [3.63, 3.8) is 0 Å². The van der Waals surface area contributed by atoms with Crippen molar-refractivity contribution in [2.75, 3.05) is 13.2 Å². The predicted octanol–water partition coefficient (Wildman–Crippen LogP) is 4.04. The largest absolute Gasteiger partial charge is 0.493 e. The van der Waals surface area contributed by atoms with Crippen molar-refractivity contribution in [2.24, 2.45) is 12.0 Å². The van der Waals surface area contributed by atoms with Crippen LogP contribution in [-0.4, -0.2) is 33.9 Å². The van der Waals surface area contributed by atoms with E-state index in [1.54, 1.807) is 0 Å². The minimum atomic E-state index is 0.558. The molecule has 0 aliphatic carbocycles. The lowest BCUT2D eigenvalue weighted by molar-refractivity contribution is 0.303. The number of hydrogen-bond donors (Lipinski definition) is 2. The molecule has 0 atom stereocenters. The molecule has 7 heteroatoms. The molecule has 1 aromatic carbocycles. The van der Waals surface area contributed by atoms with Gasteiger partial charge in [-0.05, 0) is 38.3 Å². The summed E-state index contributed by atoms with van der Waals surface area (Å²) in [5.41, 5.74) is 2.30. The van der Waals surface area contributed by atoms with Crippen molar-refractivity contribution in [1.29, 1.82) is 0 Å². The van der Waals surface area contributed by atoms with E-state index >= 15 is 0 Å². The molecule has 1 heterocycles. The molecule has 7 nitrogen and oxygen atoms in total. The van der Waals surface area contributed by atoms with Gasteiger partial charge >= 0.3 is 0 Å². The van der Waals surface area contributed by atoms with Crippen LogP contribution in [0, 0.1) is 13.8 Å². The summed E-state index contributed by atoms with van der Waals surface area (Å²) in [7, 11) is 1.97. The summed E-state index contributed by atoms with van der Waals surface area (Å²) in [6, 6.07) is 6.34. The Morgan fingerprint density at radius 2 is 1.87 bits per heavy atom. The molecule has 0 radical (unpaired) electrons. The average molecular weight is 415 g/mol. The van der Waals surface area contributed by atoms with E-state index < -0.39 is 0 Å². The van der Waals surface area contributed by atoms with E-state index in [-0.39, 0.29) is 0 Å². The summed E-state index contributed by atoms with van der Waals surface area (Å²) in [5, 5.41) is 15.1. The van der Waals surface area contributed by atoms with Gasteiger partial charge in [-0.2, -0.15) is 0 Å². The number of unbranched alkanes of at least 4 members (excludes halogenated alkanes) is 3. The van der Waals surface area contributed by atoms with Crippen molar-refractivity contribution >= 4 is 5.96 Å². The van der Waals surface area contributed by atoms with Crippen LogP contribution in [0.3, 0.4) is 0 Å². The number of hydrogen-bond acceptors (Lipinski definition) is 4. The highest BCUT2D eigenvalue weighted by Crippen LogP contribution is 2.21. The molecule has 0 amide bonds. The molecule has 166 valence electrons. The van der Waals surface area contributed by atoms with E-state index in [2.05, 4.69) is 59.8 Å². The maximum absolute atomic E-state index is 6.07. The van der Waals surface area contributed by atoms with E-state index in [0.717, 1.165) is 61.3 Å². The summed E-state index contributed by atoms with van der Waals surface area (Å²) >= 11 is 0. The standard InChI is InChI=1S/C23H38N6O/c1-6-8-10-14-30-21-15-18(3)11-12-20(21)16-25-23(24-13-9-7-2)26-17-22-28-27-19(4)29(22)5/h11-12,15H,6-10,13-14,16-17H2,1-5H3,(H2,24,25,26). The third kappa shape index (κ3) is 7.69. The summed E-state index contributed by atoms with van der Waals surface area (Å²) in [6.45, 7) is 11.2.